The van der Waals surface area contributed by atoms with Crippen molar-refractivity contribution in [1.29, 1.82) is 0 Å². The largest absolute Gasteiger partial charge is 0.504 e. The standard InChI is InChI=1S/C22H17ClN8O11S3/c23-20-25-21(27-22(33)26-20)24-15-9-13(44(37,38)39)10-16(18(15)32)29-31-19(11-4-2-1-3-5-11)30-28-14-8-12(43(34,35)36)6-7-17(14)45(40,41)42/h1-10,29,32H,(H,34,35,36)(H,37,38,39)(H,40,41,42)(H2,24,25,26,27,33). The van der Waals surface area contributed by atoms with E-state index in [-0.39, 0.29) is 11.4 Å². The number of phenols is 1. The van der Waals surface area contributed by atoms with Crippen LogP contribution in [0.3, 0.4) is 0 Å². The summed E-state index contributed by atoms with van der Waals surface area (Å²) in [4.78, 5) is 18.4. The molecule has 0 saturated carbocycles. The first-order valence-electron chi connectivity index (χ1n) is 11.6. The van der Waals surface area contributed by atoms with Crippen molar-refractivity contribution >= 4 is 70.8 Å². The summed E-state index contributed by atoms with van der Waals surface area (Å²) in [6, 6.07) is 11.1. The number of H-pyrrole nitrogens is 1. The van der Waals surface area contributed by atoms with Gasteiger partial charge >= 0.3 is 5.69 Å². The second kappa shape index (κ2) is 12.6. The molecule has 19 nitrogen and oxygen atoms in total. The van der Waals surface area contributed by atoms with Crippen molar-refractivity contribution in [2.75, 3.05) is 10.7 Å². The van der Waals surface area contributed by atoms with Gasteiger partial charge in [0.05, 0.1) is 15.5 Å². The molecular formula is C22H17ClN8O11S3. The molecule has 0 fully saturated rings. The van der Waals surface area contributed by atoms with Crippen LogP contribution in [0.1, 0.15) is 5.56 Å². The van der Waals surface area contributed by atoms with Gasteiger partial charge in [-0.25, -0.2) is 4.79 Å². The Bertz CT molecular complexity index is 2250. The lowest BCUT2D eigenvalue weighted by molar-refractivity contribution is 0.475. The predicted molar refractivity (Wildman–Crippen MR) is 156 cm³/mol. The maximum atomic E-state index is 12.0. The van der Waals surface area contributed by atoms with Crippen molar-refractivity contribution in [2.45, 2.75) is 14.7 Å². The molecule has 1 heterocycles. The summed E-state index contributed by atoms with van der Waals surface area (Å²) in [6.45, 7) is 0. The van der Waals surface area contributed by atoms with Gasteiger partial charge in [0.25, 0.3) is 30.4 Å². The lowest BCUT2D eigenvalue weighted by Gasteiger charge is -2.13. The number of azo groups is 1. The molecule has 45 heavy (non-hydrogen) atoms. The number of hydrazone groups is 1. The first-order chi connectivity index (χ1) is 20.9. The van der Waals surface area contributed by atoms with Gasteiger partial charge < -0.3 is 10.4 Å². The minimum absolute atomic E-state index is 0.184. The minimum Gasteiger partial charge on any atom is -0.504 e. The predicted octanol–water partition coefficient (Wildman–Crippen LogP) is 2.57. The molecule has 0 unspecified atom stereocenters. The summed E-state index contributed by atoms with van der Waals surface area (Å²) in [7, 11) is -14.7. The maximum absolute atomic E-state index is 12.0. The van der Waals surface area contributed by atoms with E-state index in [0.717, 1.165) is 12.1 Å². The van der Waals surface area contributed by atoms with Crippen LogP contribution in [0.2, 0.25) is 5.28 Å². The first-order valence-corrected chi connectivity index (χ1v) is 16.3. The Balaban J connectivity index is 1.84. The molecule has 0 saturated heterocycles. The molecule has 236 valence electrons. The summed E-state index contributed by atoms with van der Waals surface area (Å²) in [5.74, 6) is -1.60. The molecular weight excluding hydrogens is 684 g/mol. The number of aromatic nitrogens is 3. The molecule has 0 aliphatic carbocycles. The summed E-state index contributed by atoms with van der Waals surface area (Å²) < 4.78 is 99.3. The van der Waals surface area contributed by atoms with E-state index in [1.165, 1.54) is 24.3 Å². The van der Waals surface area contributed by atoms with E-state index in [0.29, 0.717) is 18.2 Å². The van der Waals surface area contributed by atoms with Crippen molar-refractivity contribution < 1.29 is 44.0 Å². The molecule has 0 aliphatic heterocycles. The molecule has 0 amide bonds. The van der Waals surface area contributed by atoms with E-state index in [1.54, 1.807) is 6.07 Å². The molecule has 0 spiro atoms. The lowest BCUT2D eigenvalue weighted by atomic mass is 10.2. The number of amidine groups is 1. The molecule has 3 aromatic carbocycles. The van der Waals surface area contributed by atoms with Gasteiger partial charge in [-0.3, -0.25) is 24.1 Å². The van der Waals surface area contributed by atoms with Gasteiger partial charge in [0.2, 0.25) is 17.1 Å². The third-order valence-corrected chi connectivity index (χ3v) is 8.08. The highest BCUT2D eigenvalue weighted by molar-refractivity contribution is 7.86. The smallest absolute Gasteiger partial charge is 0.350 e. The number of halogens is 1. The van der Waals surface area contributed by atoms with Crippen LogP contribution in [0, 0.1) is 0 Å². The molecule has 23 heteroatoms. The summed E-state index contributed by atoms with van der Waals surface area (Å²) in [5.41, 5.74) is -0.103. The Morgan fingerprint density at radius 1 is 0.822 bits per heavy atom. The van der Waals surface area contributed by atoms with E-state index in [1.807, 2.05) is 0 Å². The fourth-order valence-corrected chi connectivity index (χ4v) is 5.17. The molecule has 0 radical (unpaired) electrons. The SMILES string of the molecule is O=c1nc(Nc2cc(S(=O)(=O)O)cc(NN=C(N=Nc3cc(S(=O)(=O)O)ccc3S(=O)(=O)O)c3ccccc3)c2O)nc(Cl)[nH]1. The highest BCUT2D eigenvalue weighted by atomic mass is 35.5. The zero-order valence-corrected chi connectivity index (χ0v) is 25.0. The monoisotopic (exact) mass is 700 g/mol. The topological polar surface area (TPSA) is 303 Å². The first kappa shape index (κ1) is 33.1. The van der Waals surface area contributed by atoms with Crippen LogP contribution >= 0.6 is 11.6 Å². The van der Waals surface area contributed by atoms with Gasteiger partial charge in [0.1, 0.15) is 16.3 Å². The fraction of sp³-hybridized carbons (Fsp3) is 0. The molecule has 7 N–H and O–H groups in total. The average Bonchev–Trinajstić information content (AvgIpc) is 2.93. The molecule has 4 aromatic rings. The van der Waals surface area contributed by atoms with Crippen molar-refractivity contribution in [2.24, 2.45) is 15.3 Å². The van der Waals surface area contributed by atoms with E-state index in [4.69, 9.17) is 11.6 Å². The second-order valence-electron chi connectivity index (χ2n) is 8.43. The molecule has 1 aromatic heterocycles. The van der Waals surface area contributed by atoms with Gasteiger partial charge in [-0.15, -0.1) is 10.2 Å². The maximum Gasteiger partial charge on any atom is 0.350 e. The van der Waals surface area contributed by atoms with Gasteiger partial charge in [0, 0.05) is 5.56 Å². The Kier molecular flexibility index (Phi) is 9.29. The zero-order valence-electron chi connectivity index (χ0n) is 21.8. The van der Waals surface area contributed by atoms with Crippen molar-refractivity contribution in [3.05, 3.63) is 82.0 Å². The number of hydrogen-bond donors (Lipinski definition) is 7. The number of phenolic OH excluding ortho intramolecular Hbond substituents is 1. The highest BCUT2D eigenvalue weighted by Crippen LogP contribution is 2.37. The Morgan fingerprint density at radius 2 is 1.47 bits per heavy atom. The molecule has 4 rings (SSSR count). The number of hydrogen-bond acceptors (Lipinski definition) is 14. The molecule has 0 aliphatic rings. The van der Waals surface area contributed by atoms with Crippen LogP contribution in [0.4, 0.5) is 23.0 Å². The average molecular weight is 701 g/mol. The summed E-state index contributed by atoms with van der Waals surface area (Å²) in [5, 5.41) is 24.2. The van der Waals surface area contributed by atoms with Crippen LogP contribution in [0.25, 0.3) is 0 Å². The lowest BCUT2D eigenvalue weighted by Crippen LogP contribution is -2.14. The fourth-order valence-electron chi connectivity index (χ4n) is 3.37. The van der Waals surface area contributed by atoms with Crippen molar-refractivity contribution in [1.82, 2.24) is 15.0 Å². The van der Waals surface area contributed by atoms with E-state index in [2.05, 4.69) is 41.0 Å². The number of aromatic hydroxyl groups is 1. The Labute approximate surface area is 257 Å². The second-order valence-corrected chi connectivity index (χ2v) is 13.0. The van der Waals surface area contributed by atoms with Crippen LogP contribution in [-0.2, 0) is 30.4 Å². The van der Waals surface area contributed by atoms with Gasteiger partial charge in [-0.05, 0) is 41.9 Å². The highest BCUT2D eigenvalue weighted by Gasteiger charge is 2.21. The number of rotatable bonds is 9. The zero-order chi connectivity index (χ0) is 33.2. The number of nitrogens with one attached hydrogen (secondary N) is 3. The number of benzene rings is 3. The van der Waals surface area contributed by atoms with E-state index in [9.17, 15) is 48.8 Å². The summed E-state index contributed by atoms with van der Waals surface area (Å²) in [6.07, 6.45) is 0. The van der Waals surface area contributed by atoms with E-state index >= 15 is 0 Å². The molecule has 0 atom stereocenters. The third kappa shape index (κ3) is 8.42. The number of anilines is 3. The third-order valence-electron chi connectivity index (χ3n) is 5.32. The van der Waals surface area contributed by atoms with Gasteiger partial charge in [-0.2, -0.15) is 40.3 Å². The Morgan fingerprint density at radius 3 is 2.07 bits per heavy atom. The summed E-state index contributed by atoms with van der Waals surface area (Å²) >= 11 is 5.69. The van der Waals surface area contributed by atoms with Crippen molar-refractivity contribution in [3.63, 3.8) is 0 Å². The van der Waals surface area contributed by atoms with Crippen LogP contribution in [-0.4, -0.2) is 64.8 Å². The van der Waals surface area contributed by atoms with Gasteiger partial charge in [-0.1, -0.05) is 30.3 Å². The Hall–Kier alpha value is -4.84. The van der Waals surface area contributed by atoms with Gasteiger partial charge in [0.15, 0.2) is 5.75 Å². The van der Waals surface area contributed by atoms with Crippen LogP contribution in [0.15, 0.2) is 95.5 Å². The number of aromatic amines is 1. The number of nitrogens with zero attached hydrogens (tertiary/aromatic N) is 5. The molecule has 0 bridgehead atoms. The quantitative estimate of drug-likeness (QED) is 0.0329. The van der Waals surface area contributed by atoms with E-state index < -0.39 is 84.8 Å². The normalized spacial score (nSPS) is 12.8. The van der Waals surface area contributed by atoms with Crippen LogP contribution < -0.4 is 16.4 Å². The van der Waals surface area contributed by atoms with Crippen molar-refractivity contribution in [3.8, 4) is 5.75 Å². The van der Waals surface area contributed by atoms with Crippen LogP contribution in [0.5, 0.6) is 5.75 Å². The minimum atomic E-state index is -4.97.